The molecular formula is C11H15ClN4O3S. The maximum absolute atomic E-state index is 11.8. The Morgan fingerprint density at radius 2 is 2.00 bits per heavy atom. The Kier molecular flexibility index (Phi) is 4.44. The molecule has 0 spiro atoms. The lowest BCUT2D eigenvalue weighted by Gasteiger charge is -2.26. The summed E-state index contributed by atoms with van der Waals surface area (Å²) in [6, 6.07) is 0. The first-order valence-electron chi connectivity index (χ1n) is 6.16. The van der Waals surface area contributed by atoms with Gasteiger partial charge in [-0.2, -0.15) is 0 Å². The van der Waals surface area contributed by atoms with Crippen LogP contribution in [-0.4, -0.2) is 43.6 Å². The molecule has 0 aliphatic carbocycles. The standard InChI is InChI=1S/C11H15ClN4O3S/c1-20(18,19)15-10(17)9-8(12)7-13-11(14-9)16-5-3-2-4-6-16/h7H,2-6H2,1H3,(H,15,17). The van der Waals surface area contributed by atoms with Gasteiger partial charge in [0.2, 0.25) is 16.0 Å². The van der Waals surface area contributed by atoms with Crippen LogP contribution in [0.3, 0.4) is 0 Å². The van der Waals surface area contributed by atoms with Crippen LogP contribution in [0.1, 0.15) is 29.8 Å². The van der Waals surface area contributed by atoms with Crippen molar-refractivity contribution >= 4 is 33.5 Å². The lowest BCUT2D eigenvalue weighted by molar-refractivity contribution is 0.0977. The quantitative estimate of drug-likeness (QED) is 0.886. The zero-order chi connectivity index (χ0) is 14.8. The number of nitrogens with zero attached hydrogens (tertiary/aromatic N) is 3. The molecule has 9 heteroatoms. The Bertz CT molecular complexity index is 614. The van der Waals surface area contributed by atoms with Crippen molar-refractivity contribution in [2.24, 2.45) is 0 Å². The SMILES string of the molecule is CS(=O)(=O)NC(=O)c1nc(N2CCCCC2)ncc1Cl. The third-order valence-electron chi connectivity index (χ3n) is 2.86. The maximum Gasteiger partial charge on any atom is 0.285 e. The lowest BCUT2D eigenvalue weighted by Crippen LogP contribution is -2.33. The summed E-state index contributed by atoms with van der Waals surface area (Å²) in [5, 5.41) is 0.0203. The largest absolute Gasteiger partial charge is 0.341 e. The summed E-state index contributed by atoms with van der Waals surface area (Å²) in [5.74, 6) is -0.453. The summed E-state index contributed by atoms with van der Waals surface area (Å²) in [7, 11) is -3.66. The topological polar surface area (TPSA) is 92.3 Å². The Hall–Kier alpha value is -1.41. The summed E-state index contributed by atoms with van der Waals surface area (Å²) < 4.78 is 24.0. The van der Waals surface area contributed by atoms with E-state index in [1.54, 1.807) is 0 Å². The molecule has 1 fully saturated rings. The van der Waals surface area contributed by atoms with E-state index in [1.165, 1.54) is 6.20 Å². The molecule has 2 rings (SSSR count). The molecule has 1 saturated heterocycles. The van der Waals surface area contributed by atoms with Gasteiger partial charge in [-0.1, -0.05) is 11.6 Å². The van der Waals surface area contributed by atoms with Crippen LogP contribution in [0.15, 0.2) is 6.20 Å². The van der Waals surface area contributed by atoms with Crippen molar-refractivity contribution in [1.29, 1.82) is 0 Å². The number of hydrogen-bond acceptors (Lipinski definition) is 6. The minimum absolute atomic E-state index is 0.0203. The Labute approximate surface area is 122 Å². The summed E-state index contributed by atoms with van der Waals surface area (Å²) in [4.78, 5) is 22.0. The van der Waals surface area contributed by atoms with Gasteiger partial charge in [-0.25, -0.2) is 23.1 Å². The van der Waals surface area contributed by atoms with E-state index in [1.807, 2.05) is 9.62 Å². The highest BCUT2D eigenvalue weighted by atomic mass is 35.5. The molecule has 1 amide bonds. The van der Waals surface area contributed by atoms with Crippen LogP contribution >= 0.6 is 11.6 Å². The number of hydrogen-bond donors (Lipinski definition) is 1. The molecule has 0 radical (unpaired) electrons. The molecule has 1 N–H and O–H groups in total. The second kappa shape index (κ2) is 5.92. The molecule has 7 nitrogen and oxygen atoms in total. The van der Waals surface area contributed by atoms with Crippen LogP contribution in [0.2, 0.25) is 5.02 Å². The van der Waals surface area contributed by atoms with Crippen molar-refractivity contribution in [1.82, 2.24) is 14.7 Å². The summed E-state index contributed by atoms with van der Waals surface area (Å²) in [6.45, 7) is 1.63. The number of carbonyl (C=O) groups excluding carboxylic acids is 1. The number of amides is 1. The summed E-state index contributed by atoms with van der Waals surface area (Å²) in [6.07, 6.45) is 5.44. The summed E-state index contributed by atoms with van der Waals surface area (Å²) in [5.41, 5.74) is -0.132. The van der Waals surface area contributed by atoms with Crippen molar-refractivity contribution in [3.05, 3.63) is 16.9 Å². The molecule has 0 bridgehead atoms. The van der Waals surface area contributed by atoms with Crippen LogP contribution in [0.25, 0.3) is 0 Å². The number of halogens is 1. The van der Waals surface area contributed by atoms with Crippen molar-refractivity contribution in [3.63, 3.8) is 0 Å². The average molecular weight is 319 g/mol. The highest BCUT2D eigenvalue weighted by Crippen LogP contribution is 2.19. The molecule has 0 unspecified atom stereocenters. The van der Waals surface area contributed by atoms with Crippen molar-refractivity contribution in [2.75, 3.05) is 24.2 Å². The fraction of sp³-hybridized carbons (Fsp3) is 0.545. The lowest BCUT2D eigenvalue weighted by atomic mass is 10.1. The number of carbonyl (C=O) groups is 1. The van der Waals surface area contributed by atoms with Crippen molar-refractivity contribution in [2.45, 2.75) is 19.3 Å². The van der Waals surface area contributed by atoms with Crippen LogP contribution in [0.5, 0.6) is 0 Å². The number of nitrogens with one attached hydrogen (secondary N) is 1. The van der Waals surface area contributed by atoms with Gasteiger partial charge in [0.1, 0.15) is 0 Å². The molecule has 110 valence electrons. The number of rotatable bonds is 3. The highest BCUT2D eigenvalue weighted by molar-refractivity contribution is 7.89. The van der Waals surface area contributed by atoms with E-state index in [0.717, 1.165) is 38.6 Å². The van der Waals surface area contributed by atoms with Gasteiger partial charge < -0.3 is 4.90 Å². The van der Waals surface area contributed by atoms with E-state index in [0.29, 0.717) is 5.95 Å². The molecular weight excluding hydrogens is 304 g/mol. The molecule has 2 heterocycles. The van der Waals surface area contributed by atoms with Gasteiger partial charge in [0, 0.05) is 13.1 Å². The van der Waals surface area contributed by atoms with Crippen LogP contribution in [-0.2, 0) is 10.0 Å². The molecule has 0 aromatic carbocycles. The summed E-state index contributed by atoms with van der Waals surface area (Å²) >= 11 is 5.86. The molecule has 0 saturated carbocycles. The molecule has 20 heavy (non-hydrogen) atoms. The van der Waals surface area contributed by atoms with E-state index >= 15 is 0 Å². The molecule has 0 atom stereocenters. The normalized spacial score (nSPS) is 16.0. The van der Waals surface area contributed by atoms with Gasteiger partial charge in [0.25, 0.3) is 5.91 Å². The third-order valence-corrected chi connectivity index (χ3v) is 3.70. The van der Waals surface area contributed by atoms with Gasteiger partial charge >= 0.3 is 0 Å². The first-order chi connectivity index (χ1) is 9.37. The minimum Gasteiger partial charge on any atom is -0.341 e. The average Bonchev–Trinajstić information content (AvgIpc) is 2.38. The number of sulfonamides is 1. The number of aromatic nitrogens is 2. The van der Waals surface area contributed by atoms with E-state index in [-0.39, 0.29) is 10.7 Å². The third kappa shape index (κ3) is 3.80. The number of piperidine rings is 1. The van der Waals surface area contributed by atoms with Crippen LogP contribution in [0, 0.1) is 0 Å². The fourth-order valence-electron chi connectivity index (χ4n) is 1.98. The van der Waals surface area contributed by atoms with Gasteiger partial charge in [-0.05, 0) is 19.3 Å². The maximum atomic E-state index is 11.8. The van der Waals surface area contributed by atoms with Gasteiger partial charge in [0.05, 0.1) is 17.5 Å². The van der Waals surface area contributed by atoms with Crippen LogP contribution in [0.4, 0.5) is 5.95 Å². The molecule has 1 aliphatic rings. The Balaban J connectivity index is 2.26. The monoisotopic (exact) mass is 318 g/mol. The highest BCUT2D eigenvalue weighted by Gasteiger charge is 2.20. The van der Waals surface area contributed by atoms with Crippen LogP contribution < -0.4 is 9.62 Å². The first kappa shape index (κ1) is 15.0. The fourth-order valence-corrected chi connectivity index (χ4v) is 2.59. The van der Waals surface area contributed by atoms with E-state index in [9.17, 15) is 13.2 Å². The predicted octanol–water partition coefficient (Wildman–Crippen LogP) is 0.810. The molecule has 1 aromatic rings. The molecule has 1 aromatic heterocycles. The van der Waals surface area contributed by atoms with E-state index in [4.69, 9.17) is 11.6 Å². The number of anilines is 1. The Morgan fingerprint density at radius 3 is 2.60 bits per heavy atom. The minimum atomic E-state index is -3.66. The van der Waals surface area contributed by atoms with Gasteiger partial charge in [-0.15, -0.1) is 0 Å². The predicted molar refractivity (Wildman–Crippen MR) is 75.4 cm³/mol. The van der Waals surface area contributed by atoms with Gasteiger partial charge in [0.15, 0.2) is 5.69 Å². The zero-order valence-corrected chi connectivity index (χ0v) is 12.5. The first-order valence-corrected chi connectivity index (χ1v) is 8.43. The zero-order valence-electron chi connectivity index (χ0n) is 11.0. The second-order valence-electron chi connectivity index (χ2n) is 4.62. The van der Waals surface area contributed by atoms with Crippen molar-refractivity contribution in [3.8, 4) is 0 Å². The smallest absolute Gasteiger partial charge is 0.285 e. The molecule has 1 aliphatic heterocycles. The Morgan fingerprint density at radius 1 is 1.35 bits per heavy atom. The van der Waals surface area contributed by atoms with E-state index < -0.39 is 15.9 Å². The second-order valence-corrected chi connectivity index (χ2v) is 6.77. The van der Waals surface area contributed by atoms with Crippen molar-refractivity contribution < 1.29 is 13.2 Å². The van der Waals surface area contributed by atoms with Gasteiger partial charge in [-0.3, -0.25) is 4.79 Å². The van der Waals surface area contributed by atoms with E-state index in [2.05, 4.69) is 9.97 Å².